The van der Waals surface area contributed by atoms with Gasteiger partial charge in [0.1, 0.15) is 0 Å². The fraction of sp³-hybridized carbons (Fsp3) is 0.600. The van der Waals surface area contributed by atoms with Crippen molar-refractivity contribution in [3.63, 3.8) is 0 Å². The minimum absolute atomic E-state index is 0.176. The van der Waals surface area contributed by atoms with E-state index in [1.807, 2.05) is 18.2 Å². The van der Waals surface area contributed by atoms with Gasteiger partial charge < -0.3 is 10.2 Å². The zero-order chi connectivity index (χ0) is 17.8. The number of Topliss-reactive ketones (excluding diaryl/α,β-unsaturated/α-hetero) is 1. The first-order chi connectivity index (χ1) is 11.5. The number of unbranched alkanes of at least 4 members (excludes halogenated alkanes) is 3. The third-order valence-corrected chi connectivity index (χ3v) is 4.22. The Morgan fingerprint density at radius 3 is 2.71 bits per heavy atom. The Bertz CT molecular complexity index is 500. The van der Waals surface area contributed by atoms with Crippen molar-refractivity contribution in [1.82, 2.24) is 0 Å². The topological polar surface area (TPSA) is 74.6 Å². The van der Waals surface area contributed by atoms with E-state index in [1.165, 1.54) is 0 Å². The normalized spacial score (nSPS) is 16.7. The number of carboxylic acid groups (broad SMARTS) is 1. The molecule has 0 radical (unpaired) electrons. The minimum Gasteiger partial charge on any atom is -0.481 e. The SMILES string of the molecule is CCCCC[C@H](O)/C=C/C1=C(C/C=C\CCCC(=O)O)C(=O)CC1. The number of hydrogen-bond donors (Lipinski definition) is 2. The molecule has 134 valence electrons. The summed E-state index contributed by atoms with van der Waals surface area (Å²) < 4.78 is 0. The van der Waals surface area contributed by atoms with Crippen LogP contribution in [0.3, 0.4) is 0 Å². The molecule has 1 aliphatic rings. The van der Waals surface area contributed by atoms with Gasteiger partial charge in [-0.1, -0.05) is 50.5 Å². The van der Waals surface area contributed by atoms with Gasteiger partial charge in [0, 0.05) is 18.4 Å². The quantitative estimate of drug-likeness (QED) is 0.411. The van der Waals surface area contributed by atoms with Crippen molar-refractivity contribution in [2.75, 3.05) is 0 Å². The number of aliphatic carboxylic acids is 1. The maximum atomic E-state index is 12.0. The summed E-state index contributed by atoms with van der Waals surface area (Å²) in [5, 5.41) is 18.5. The molecular weight excluding hydrogens is 304 g/mol. The number of aliphatic hydroxyl groups excluding tert-OH is 1. The number of rotatable bonds is 12. The molecule has 0 fully saturated rings. The molecule has 4 nitrogen and oxygen atoms in total. The highest BCUT2D eigenvalue weighted by Gasteiger charge is 2.20. The predicted molar refractivity (Wildman–Crippen MR) is 95.8 cm³/mol. The van der Waals surface area contributed by atoms with Crippen molar-refractivity contribution >= 4 is 11.8 Å². The van der Waals surface area contributed by atoms with Gasteiger partial charge in [0.2, 0.25) is 0 Å². The molecule has 4 heteroatoms. The van der Waals surface area contributed by atoms with E-state index < -0.39 is 12.1 Å². The summed E-state index contributed by atoms with van der Waals surface area (Å²) in [6, 6.07) is 0. The number of ketones is 1. The number of hydrogen-bond acceptors (Lipinski definition) is 3. The second kappa shape index (κ2) is 11.8. The second-order valence-corrected chi connectivity index (χ2v) is 6.31. The molecule has 0 aliphatic heterocycles. The molecule has 24 heavy (non-hydrogen) atoms. The van der Waals surface area contributed by atoms with Crippen molar-refractivity contribution in [3.8, 4) is 0 Å². The van der Waals surface area contributed by atoms with Crippen LogP contribution in [0.2, 0.25) is 0 Å². The number of carboxylic acids is 1. The third-order valence-electron chi connectivity index (χ3n) is 4.22. The van der Waals surface area contributed by atoms with Gasteiger partial charge in [0.25, 0.3) is 0 Å². The molecule has 0 unspecified atom stereocenters. The maximum absolute atomic E-state index is 12.0. The van der Waals surface area contributed by atoms with Crippen LogP contribution in [-0.2, 0) is 9.59 Å². The van der Waals surface area contributed by atoms with Crippen LogP contribution in [0.4, 0.5) is 0 Å². The van der Waals surface area contributed by atoms with Crippen LogP contribution in [0.1, 0.15) is 71.1 Å². The zero-order valence-electron chi connectivity index (χ0n) is 14.7. The van der Waals surface area contributed by atoms with Crippen LogP contribution in [0.25, 0.3) is 0 Å². The minimum atomic E-state index is -0.776. The summed E-state index contributed by atoms with van der Waals surface area (Å²) in [6.45, 7) is 2.14. The molecule has 0 bridgehead atoms. The lowest BCUT2D eigenvalue weighted by atomic mass is 10.0. The molecule has 2 N–H and O–H groups in total. The van der Waals surface area contributed by atoms with E-state index >= 15 is 0 Å². The molecule has 0 saturated carbocycles. The van der Waals surface area contributed by atoms with Crippen molar-refractivity contribution in [1.29, 1.82) is 0 Å². The summed E-state index contributed by atoms with van der Waals surface area (Å²) in [5.74, 6) is -0.590. The van der Waals surface area contributed by atoms with Gasteiger partial charge in [-0.3, -0.25) is 9.59 Å². The van der Waals surface area contributed by atoms with Crippen molar-refractivity contribution in [2.24, 2.45) is 0 Å². The van der Waals surface area contributed by atoms with Gasteiger partial charge >= 0.3 is 5.97 Å². The summed E-state index contributed by atoms with van der Waals surface area (Å²) in [5.41, 5.74) is 1.87. The molecule has 0 spiro atoms. The third kappa shape index (κ3) is 8.25. The summed E-state index contributed by atoms with van der Waals surface area (Å²) in [6.07, 6.45) is 14.6. The Morgan fingerprint density at radius 1 is 1.21 bits per heavy atom. The average Bonchev–Trinajstić information content (AvgIpc) is 2.89. The van der Waals surface area contributed by atoms with E-state index in [1.54, 1.807) is 6.08 Å². The molecule has 0 amide bonds. The molecule has 0 saturated heterocycles. The van der Waals surface area contributed by atoms with Gasteiger partial charge in [-0.15, -0.1) is 0 Å². The molecule has 1 rings (SSSR count). The molecule has 1 atom stereocenters. The maximum Gasteiger partial charge on any atom is 0.303 e. The van der Waals surface area contributed by atoms with E-state index in [4.69, 9.17) is 5.11 Å². The predicted octanol–water partition coefficient (Wildman–Crippen LogP) is 4.34. The lowest BCUT2D eigenvalue weighted by molar-refractivity contribution is -0.137. The van der Waals surface area contributed by atoms with Crippen molar-refractivity contribution in [2.45, 2.75) is 77.2 Å². The van der Waals surface area contributed by atoms with Gasteiger partial charge in [0.05, 0.1) is 6.10 Å². The monoisotopic (exact) mass is 334 g/mol. The molecular formula is C20H30O4. The largest absolute Gasteiger partial charge is 0.481 e. The fourth-order valence-corrected chi connectivity index (χ4v) is 2.78. The zero-order valence-corrected chi connectivity index (χ0v) is 14.7. The lowest BCUT2D eigenvalue weighted by Crippen LogP contribution is -2.01. The first-order valence-corrected chi connectivity index (χ1v) is 9.02. The Morgan fingerprint density at radius 2 is 2.00 bits per heavy atom. The van der Waals surface area contributed by atoms with Gasteiger partial charge in [-0.25, -0.2) is 0 Å². The standard InChI is InChI=1S/C20H30O4/c1-2-3-6-9-17(21)14-12-16-13-15-19(22)18(16)10-7-4-5-8-11-20(23)24/h4,7,12,14,17,21H,2-3,5-6,8-11,13,15H2,1H3,(H,23,24)/b7-4-,14-12+/t17-/m0/s1. The number of aliphatic hydroxyl groups is 1. The van der Waals surface area contributed by atoms with Crippen molar-refractivity contribution in [3.05, 3.63) is 35.5 Å². The lowest BCUT2D eigenvalue weighted by Gasteiger charge is -2.05. The summed E-state index contributed by atoms with van der Waals surface area (Å²) >= 11 is 0. The van der Waals surface area contributed by atoms with Crippen LogP contribution in [0, 0.1) is 0 Å². The smallest absolute Gasteiger partial charge is 0.303 e. The van der Waals surface area contributed by atoms with E-state index in [2.05, 4.69) is 6.92 Å². The Hall–Kier alpha value is -1.68. The number of allylic oxidation sites excluding steroid dienone is 5. The highest BCUT2D eigenvalue weighted by molar-refractivity contribution is 5.99. The molecule has 0 aromatic carbocycles. The van der Waals surface area contributed by atoms with Crippen LogP contribution in [0.15, 0.2) is 35.5 Å². The van der Waals surface area contributed by atoms with E-state index in [9.17, 15) is 14.7 Å². The van der Waals surface area contributed by atoms with Gasteiger partial charge in [-0.05, 0) is 37.7 Å². The van der Waals surface area contributed by atoms with Gasteiger partial charge in [-0.2, -0.15) is 0 Å². The molecule has 0 heterocycles. The number of carbonyl (C=O) groups excluding carboxylic acids is 1. The van der Waals surface area contributed by atoms with Crippen LogP contribution < -0.4 is 0 Å². The van der Waals surface area contributed by atoms with E-state index in [0.29, 0.717) is 19.3 Å². The highest BCUT2D eigenvalue weighted by atomic mass is 16.4. The van der Waals surface area contributed by atoms with Gasteiger partial charge in [0.15, 0.2) is 5.78 Å². The van der Waals surface area contributed by atoms with Crippen LogP contribution in [0.5, 0.6) is 0 Å². The Kier molecular flexibility index (Phi) is 10.0. The van der Waals surface area contributed by atoms with E-state index in [0.717, 1.165) is 49.7 Å². The molecule has 0 aromatic heterocycles. The Labute approximate surface area is 145 Å². The highest BCUT2D eigenvalue weighted by Crippen LogP contribution is 2.27. The molecule has 0 aromatic rings. The van der Waals surface area contributed by atoms with E-state index in [-0.39, 0.29) is 12.2 Å². The number of carbonyl (C=O) groups is 2. The average molecular weight is 334 g/mol. The summed E-state index contributed by atoms with van der Waals surface area (Å²) in [4.78, 5) is 22.4. The molecule has 1 aliphatic carbocycles. The van der Waals surface area contributed by atoms with Crippen LogP contribution in [-0.4, -0.2) is 28.1 Å². The second-order valence-electron chi connectivity index (χ2n) is 6.31. The summed E-state index contributed by atoms with van der Waals surface area (Å²) in [7, 11) is 0. The fourth-order valence-electron chi connectivity index (χ4n) is 2.78. The first kappa shape index (κ1) is 20.4. The van der Waals surface area contributed by atoms with Crippen molar-refractivity contribution < 1.29 is 19.8 Å². The van der Waals surface area contributed by atoms with Crippen LogP contribution >= 0.6 is 0 Å². The Balaban J connectivity index is 2.48. The first-order valence-electron chi connectivity index (χ1n) is 9.02.